The molecule has 12 heavy (non-hydrogen) atoms. The fourth-order valence-corrected chi connectivity index (χ4v) is 1.65. The van der Waals surface area contributed by atoms with Crippen LogP contribution in [0.5, 0.6) is 0 Å². The molecule has 0 bridgehead atoms. The van der Waals surface area contributed by atoms with Crippen molar-refractivity contribution in [2.75, 3.05) is 20.6 Å². The molecule has 0 aliphatic carbocycles. The van der Waals surface area contributed by atoms with Crippen molar-refractivity contribution >= 4 is 22.6 Å². The summed E-state index contributed by atoms with van der Waals surface area (Å²) in [5.41, 5.74) is 1.43. The van der Waals surface area contributed by atoms with Gasteiger partial charge in [-0.2, -0.15) is 0 Å². The van der Waals surface area contributed by atoms with Crippen LogP contribution in [-0.2, 0) is 6.42 Å². The second kappa shape index (κ2) is 4.82. The summed E-state index contributed by atoms with van der Waals surface area (Å²) in [6, 6.07) is 8.67. The molecular formula is C10H14IN. The van der Waals surface area contributed by atoms with E-state index in [9.17, 15) is 0 Å². The van der Waals surface area contributed by atoms with Gasteiger partial charge in [0.25, 0.3) is 0 Å². The first-order chi connectivity index (χ1) is 5.68. The first kappa shape index (κ1) is 9.99. The Morgan fingerprint density at radius 2 is 2.08 bits per heavy atom. The Balaban J connectivity index is 2.52. The molecule has 0 saturated carbocycles. The first-order valence-corrected chi connectivity index (χ1v) is 5.15. The molecule has 0 amide bonds. The van der Waals surface area contributed by atoms with Gasteiger partial charge < -0.3 is 4.90 Å². The summed E-state index contributed by atoms with van der Waals surface area (Å²) < 4.78 is 1.32. The van der Waals surface area contributed by atoms with Crippen molar-refractivity contribution < 1.29 is 0 Å². The number of halogens is 1. The number of benzene rings is 1. The number of likely N-dealkylation sites (N-methyl/N-ethyl adjacent to an activating group) is 1. The second-order valence-corrected chi connectivity index (χ2v) is 4.43. The Hall–Kier alpha value is -0.0900. The summed E-state index contributed by atoms with van der Waals surface area (Å²) in [7, 11) is 4.21. The van der Waals surface area contributed by atoms with E-state index >= 15 is 0 Å². The lowest BCUT2D eigenvalue weighted by Gasteiger charge is -2.08. The van der Waals surface area contributed by atoms with Crippen LogP contribution in [0.2, 0.25) is 0 Å². The molecule has 66 valence electrons. The summed E-state index contributed by atoms with van der Waals surface area (Å²) in [5.74, 6) is 0. The molecule has 1 aromatic carbocycles. The number of nitrogens with zero attached hydrogens (tertiary/aromatic N) is 1. The van der Waals surface area contributed by atoms with Crippen LogP contribution in [0, 0.1) is 3.57 Å². The van der Waals surface area contributed by atoms with Crippen LogP contribution in [0.1, 0.15) is 5.56 Å². The molecule has 0 aromatic heterocycles. The molecule has 0 N–H and O–H groups in total. The van der Waals surface area contributed by atoms with Crippen molar-refractivity contribution in [3.63, 3.8) is 0 Å². The third-order valence-corrected chi connectivity index (χ3v) is 2.41. The smallest absolute Gasteiger partial charge is 0.0133 e. The molecule has 0 atom stereocenters. The van der Waals surface area contributed by atoms with E-state index in [1.165, 1.54) is 9.13 Å². The van der Waals surface area contributed by atoms with E-state index in [4.69, 9.17) is 0 Å². The van der Waals surface area contributed by atoms with Gasteiger partial charge in [0, 0.05) is 10.1 Å². The van der Waals surface area contributed by atoms with Crippen LogP contribution in [0.25, 0.3) is 0 Å². The van der Waals surface area contributed by atoms with E-state index in [1.807, 2.05) is 0 Å². The minimum absolute atomic E-state index is 1.13. The highest BCUT2D eigenvalue weighted by Gasteiger charge is 1.94. The minimum Gasteiger partial charge on any atom is -0.309 e. The van der Waals surface area contributed by atoms with Crippen molar-refractivity contribution in [1.29, 1.82) is 0 Å². The fraction of sp³-hybridized carbons (Fsp3) is 0.400. The Labute approximate surface area is 87.9 Å². The van der Waals surface area contributed by atoms with E-state index in [-0.39, 0.29) is 0 Å². The Morgan fingerprint density at radius 3 is 2.67 bits per heavy atom. The fourth-order valence-electron chi connectivity index (χ4n) is 1.05. The normalized spacial score (nSPS) is 10.7. The topological polar surface area (TPSA) is 3.24 Å². The molecule has 1 aromatic rings. The number of rotatable bonds is 3. The summed E-state index contributed by atoms with van der Waals surface area (Å²) in [6.07, 6.45) is 1.14. The zero-order chi connectivity index (χ0) is 8.97. The van der Waals surface area contributed by atoms with Gasteiger partial charge in [-0.15, -0.1) is 0 Å². The maximum atomic E-state index is 2.35. The van der Waals surface area contributed by atoms with E-state index in [2.05, 4.69) is 65.9 Å². The van der Waals surface area contributed by atoms with Crippen LogP contribution in [0.15, 0.2) is 24.3 Å². The van der Waals surface area contributed by atoms with Crippen LogP contribution in [0.3, 0.4) is 0 Å². The maximum Gasteiger partial charge on any atom is 0.0133 e. The first-order valence-electron chi connectivity index (χ1n) is 4.07. The van der Waals surface area contributed by atoms with Gasteiger partial charge in [-0.3, -0.25) is 0 Å². The van der Waals surface area contributed by atoms with Gasteiger partial charge in [-0.1, -0.05) is 12.1 Å². The van der Waals surface area contributed by atoms with Crippen LogP contribution in [-0.4, -0.2) is 25.5 Å². The molecule has 0 fully saturated rings. The second-order valence-electron chi connectivity index (χ2n) is 3.18. The largest absolute Gasteiger partial charge is 0.309 e. The van der Waals surface area contributed by atoms with Crippen LogP contribution >= 0.6 is 22.6 Å². The Bertz CT molecular complexity index is 245. The number of hydrogen-bond donors (Lipinski definition) is 0. The van der Waals surface area contributed by atoms with Crippen molar-refractivity contribution in [2.45, 2.75) is 6.42 Å². The summed E-state index contributed by atoms with van der Waals surface area (Å²) in [6.45, 7) is 1.13. The van der Waals surface area contributed by atoms with E-state index in [0.717, 1.165) is 13.0 Å². The van der Waals surface area contributed by atoms with Gasteiger partial charge in [0.2, 0.25) is 0 Å². The van der Waals surface area contributed by atoms with Gasteiger partial charge in [-0.25, -0.2) is 0 Å². The Kier molecular flexibility index (Phi) is 4.01. The average molecular weight is 275 g/mol. The van der Waals surface area contributed by atoms with Crippen LogP contribution < -0.4 is 0 Å². The average Bonchev–Trinajstić information content (AvgIpc) is 2.01. The monoisotopic (exact) mass is 275 g/mol. The highest BCUT2D eigenvalue weighted by atomic mass is 127. The molecule has 0 unspecified atom stereocenters. The zero-order valence-electron chi connectivity index (χ0n) is 7.55. The third-order valence-electron chi connectivity index (χ3n) is 1.74. The lowest BCUT2D eigenvalue weighted by molar-refractivity contribution is 0.413. The predicted octanol–water partition coefficient (Wildman–Crippen LogP) is 2.40. The molecule has 0 aliphatic heterocycles. The Morgan fingerprint density at radius 1 is 1.33 bits per heavy atom. The van der Waals surface area contributed by atoms with E-state index in [0.29, 0.717) is 0 Å². The summed E-state index contributed by atoms with van der Waals surface area (Å²) in [5, 5.41) is 0. The van der Waals surface area contributed by atoms with Gasteiger partial charge >= 0.3 is 0 Å². The summed E-state index contributed by atoms with van der Waals surface area (Å²) in [4.78, 5) is 2.21. The molecule has 0 spiro atoms. The SMILES string of the molecule is CN(C)CCc1cccc(I)c1. The van der Waals surface area contributed by atoms with E-state index in [1.54, 1.807) is 0 Å². The van der Waals surface area contributed by atoms with Gasteiger partial charge in [0.1, 0.15) is 0 Å². The molecule has 0 radical (unpaired) electrons. The van der Waals surface area contributed by atoms with Crippen LogP contribution in [0.4, 0.5) is 0 Å². The summed E-state index contributed by atoms with van der Waals surface area (Å²) >= 11 is 2.35. The molecule has 0 heterocycles. The molecule has 0 aliphatic rings. The van der Waals surface area contributed by atoms with Crippen molar-refractivity contribution in [1.82, 2.24) is 4.90 Å². The van der Waals surface area contributed by atoms with E-state index < -0.39 is 0 Å². The molecule has 1 rings (SSSR count). The zero-order valence-corrected chi connectivity index (χ0v) is 9.71. The highest BCUT2D eigenvalue weighted by molar-refractivity contribution is 14.1. The molecule has 1 nitrogen and oxygen atoms in total. The molecular weight excluding hydrogens is 261 g/mol. The highest BCUT2D eigenvalue weighted by Crippen LogP contribution is 2.08. The maximum absolute atomic E-state index is 2.35. The lowest BCUT2D eigenvalue weighted by atomic mass is 10.1. The lowest BCUT2D eigenvalue weighted by Crippen LogP contribution is -2.14. The van der Waals surface area contributed by atoms with Crippen molar-refractivity contribution in [3.8, 4) is 0 Å². The predicted molar refractivity (Wildman–Crippen MR) is 61.4 cm³/mol. The third kappa shape index (κ3) is 3.54. The molecule has 2 heteroatoms. The molecule has 0 saturated heterocycles. The minimum atomic E-state index is 1.13. The van der Waals surface area contributed by atoms with Crippen molar-refractivity contribution in [3.05, 3.63) is 33.4 Å². The van der Waals surface area contributed by atoms with Gasteiger partial charge in [0.05, 0.1) is 0 Å². The van der Waals surface area contributed by atoms with Crippen molar-refractivity contribution in [2.24, 2.45) is 0 Å². The van der Waals surface area contributed by atoms with Gasteiger partial charge in [0.15, 0.2) is 0 Å². The number of hydrogen-bond acceptors (Lipinski definition) is 1. The van der Waals surface area contributed by atoms with Gasteiger partial charge in [-0.05, 0) is 60.8 Å². The quantitative estimate of drug-likeness (QED) is 0.766. The standard InChI is InChI=1S/C10H14IN/c1-12(2)7-6-9-4-3-5-10(11)8-9/h3-5,8H,6-7H2,1-2H3.